The lowest BCUT2D eigenvalue weighted by Crippen LogP contribution is -4.23. The predicted molar refractivity (Wildman–Crippen MR) is 28.2 cm³/mol. The average molecular weight is 292 g/mol. The third kappa shape index (κ3) is 51.5. The summed E-state index contributed by atoms with van der Waals surface area (Å²) in [6.07, 6.45) is 3.37. The fourth-order valence-corrected chi connectivity index (χ4v) is 0.285. The van der Waals surface area contributed by atoms with Crippen LogP contribution in [0.15, 0.2) is 0 Å². The molecule has 0 rings (SSSR count). The van der Waals surface area contributed by atoms with Gasteiger partial charge in [0.15, 0.2) is 0 Å². The molecule has 0 aliphatic carbocycles. The number of hydrogen-bond acceptors (Lipinski definition) is 6. The van der Waals surface area contributed by atoms with Gasteiger partial charge in [-0.05, 0) is 6.42 Å². The van der Waals surface area contributed by atoms with Crippen LogP contribution in [0.3, 0.4) is 0 Å². The van der Waals surface area contributed by atoms with Crippen LogP contribution in [-0.4, -0.2) is 16.0 Å². The Morgan fingerprint density at radius 1 is 1.08 bits per heavy atom. The topological polar surface area (TPSA) is 124 Å². The van der Waals surface area contributed by atoms with E-state index in [1.54, 1.807) is 0 Å². The van der Waals surface area contributed by atoms with Crippen LogP contribution in [0.1, 0.15) is 19.3 Å². The molecule has 0 amide bonds. The highest BCUT2D eigenvalue weighted by Crippen LogP contribution is 1.85. The van der Waals surface area contributed by atoms with E-state index >= 15 is 0 Å². The van der Waals surface area contributed by atoms with Crippen LogP contribution in [0.2, 0.25) is 0 Å². The van der Waals surface area contributed by atoms with Crippen molar-refractivity contribution in [1.29, 1.82) is 0 Å². The molecule has 0 radical (unpaired) electrons. The maximum Gasteiger partial charge on any atom is 0.368 e. The van der Waals surface area contributed by atoms with Gasteiger partial charge >= 0.3 is 20.1 Å². The minimum atomic E-state index is -5.69. The molecular weight excluding hydrogens is 283 g/mol. The molecule has 7 heteroatoms. The molecule has 0 unspecified atom stereocenters. The summed E-state index contributed by atoms with van der Waals surface area (Å²) in [6, 6.07) is 0. The van der Waals surface area contributed by atoms with Gasteiger partial charge in [0.25, 0.3) is 0 Å². The highest BCUT2D eigenvalue weighted by molar-refractivity contribution is 5.52. The third-order valence-electron chi connectivity index (χ3n) is 0.644. The summed E-state index contributed by atoms with van der Waals surface area (Å²) in [6.45, 7) is 0. The predicted octanol–water partition coefficient (Wildman–Crippen LogP) is -6.57. The number of hydrogen-bond donors (Lipinski definition) is 1. The molecule has 0 bridgehead atoms. The Bertz CT molecular complexity index is 106. The standard InChI is InChI=1S/C5H8O2.HIO4/c6-4-2-1-3-5-7;2-1(3,4)5/h4-5H,1-3H2;2H. The molecular formula is C5H9IO6. The molecule has 0 aromatic rings. The number of halogens is 1. The molecule has 0 saturated carbocycles. The highest BCUT2D eigenvalue weighted by Gasteiger charge is 2.11. The Kier molecular flexibility index (Phi) is 10.8. The number of aldehydes is 2. The van der Waals surface area contributed by atoms with Crippen LogP contribution in [0.25, 0.3) is 0 Å². The van der Waals surface area contributed by atoms with Crippen LogP contribution in [0.5, 0.6) is 0 Å². The van der Waals surface area contributed by atoms with Crippen LogP contribution in [0.4, 0.5) is 0 Å². The van der Waals surface area contributed by atoms with Crippen molar-refractivity contribution >= 4 is 12.6 Å². The number of carbonyl (C=O) groups is 2. The van der Waals surface area contributed by atoms with E-state index in [0.717, 1.165) is 12.6 Å². The van der Waals surface area contributed by atoms with Crippen molar-refractivity contribution in [2.24, 2.45) is 0 Å². The molecule has 6 nitrogen and oxygen atoms in total. The first-order chi connectivity index (χ1) is 5.41. The molecule has 0 aliphatic rings. The summed E-state index contributed by atoms with van der Waals surface area (Å²) in [5.74, 6) is 0. The van der Waals surface area contributed by atoms with E-state index in [9.17, 15) is 9.59 Å². The fraction of sp³-hybridized carbons (Fsp3) is 0.600. The number of rotatable bonds is 4. The molecule has 0 aliphatic heterocycles. The summed E-state index contributed by atoms with van der Waals surface area (Å²) >= 11 is -5.69. The Morgan fingerprint density at radius 2 is 1.33 bits per heavy atom. The van der Waals surface area contributed by atoms with Gasteiger partial charge in [-0.15, -0.1) is 0 Å². The van der Waals surface area contributed by atoms with Gasteiger partial charge < -0.3 is 9.59 Å². The quantitative estimate of drug-likeness (QED) is 0.312. The first kappa shape index (κ1) is 14.4. The molecule has 0 aromatic carbocycles. The van der Waals surface area contributed by atoms with E-state index in [1.165, 1.54) is 0 Å². The molecule has 0 aromatic heterocycles. The van der Waals surface area contributed by atoms with Gasteiger partial charge in [-0.1, -0.05) is 0 Å². The Balaban J connectivity index is 0. The fourth-order valence-electron chi connectivity index (χ4n) is 0.285. The molecule has 0 atom stereocenters. The van der Waals surface area contributed by atoms with Crippen molar-refractivity contribution in [1.82, 2.24) is 0 Å². The van der Waals surface area contributed by atoms with Crippen molar-refractivity contribution < 1.29 is 43.4 Å². The summed E-state index contributed by atoms with van der Waals surface area (Å²) < 4.78 is 33.2. The minimum Gasteiger partial charge on any atom is -0.303 e. The van der Waals surface area contributed by atoms with Gasteiger partial charge in [0.2, 0.25) is 0 Å². The van der Waals surface area contributed by atoms with E-state index in [1.807, 2.05) is 0 Å². The average Bonchev–Trinajstić information content (AvgIpc) is 1.85. The lowest BCUT2D eigenvalue weighted by atomic mass is 10.3. The van der Waals surface area contributed by atoms with Crippen molar-refractivity contribution in [3.8, 4) is 0 Å². The van der Waals surface area contributed by atoms with Crippen molar-refractivity contribution in [3.05, 3.63) is 0 Å². The van der Waals surface area contributed by atoms with Gasteiger partial charge in [-0.3, -0.25) is 10.3 Å². The summed E-state index contributed by atoms with van der Waals surface area (Å²) in [5, 5.41) is 0. The third-order valence-corrected chi connectivity index (χ3v) is 0.644. The van der Waals surface area contributed by atoms with Gasteiger partial charge in [-0.25, -0.2) is 0 Å². The summed E-state index contributed by atoms with van der Waals surface area (Å²) in [5.41, 5.74) is 0. The summed E-state index contributed by atoms with van der Waals surface area (Å²) in [4.78, 5) is 19.1. The minimum absolute atomic E-state index is 0.513. The zero-order chi connectivity index (χ0) is 10.0. The monoisotopic (exact) mass is 292 g/mol. The number of carbonyl (C=O) groups excluding carboxylic acids is 2. The van der Waals surface area contributed by atoms with Crippen molar-refractivity contribution in [2.75, 3.05) is 0 Å². The second kappa shape index (κ2) is 9.00. The maximum absolute atomic E-state index is 9.56. The van der Waals surface area contributed by atoms with E-state index in [-0.39, 0.29) is 0 Å². The first-order valence-corrected chi connectivity index (χ1v) is 6.53. The van der Waals surface area contributed by atoms with Gasteiger partial charge in [0, 0.05) is 16.3 Å². The lowest BCUT2D eigenvalue weighted by Gasteiger charge is -1.93. The SMILES string of the molecule is O=CCCCC=O.[O-][I+3]([O-])([O-])O. The van der Waals surface area contributed by atoms with Gasteiger partial charge in [0.05, 0.1) is 0 Å². The first-order valence-electron chi connectivity index (χ1n) is 2.92. The smallest absolute Gasteiger partial charge is 0.303 e. The molecule has 0 heterocycles. The van der Waals surface area contributed by atoms with Crippen LogP contribution in [-0.2, 0) is 9.59 Å². The molecule has 0 saturated heterocycles. The molecule has 1 N–H and O–H groups in total. The summed E-state index contributed by atoms with van der Waals surface area (Å²) in [7, 11) is 0. The van der Waals surface area contributed by atoms with E-state index in [4.69, 9.17) is 13.7 Å². The van der Waals surface area contributed by atoms with E-state index in [2.05, 4.69) is 0 Å². The molecule has 12 heavy (non-hydrogen) atoms. The second-order valence-electron chi connectivity index (χ2n) is 1.66. The molecule has 72 valence electrons. The zero-order valence-corrected chi connectivity index (χ0v) is 8.30. The normalized spacial score (nSPS) is 9.67. The van der Waals surface area contributed by atoms with Crippen LogP contribution in [0, 0.1) is 0 Å². The maximum atomic E-state index is 9.56. The number of unbranched alkanes of at least 4 members (excludes halogenated alkanes) is 2. The largest absolute Gasteiger partial charge is 0.368 e. The zero-order valence-electron chi connectivity index (χ0n) is 6.14. The Morgan fingerprint density at radius 3 is 1.50 bits per heavy atom. The van der Waals surface area contributed by atoms with Crippen LogP contribution < -0.4 is 30.4 Å². The van der Waals surface area contributed by atoms with E-state index < -0.39 is 20.1 Å². The second-order valence-corrected chi connectivity index (χ2v) is 3.92. The van der Waals surface area contributed by atoms with Crippen molar-refractivity contribution in [3.63, 3.8) is 0 Å². The van der Waals surface area contributed by atoms with Gasteiger partial charge in [0.1, 0.15) is 12.6 Å². The molecule has 0 spiro atoms. The molecule has 0 fully saturated rings. The highest BCUT2D eigenvalue weighted by atomic mass is 127. The van der Waals surface area contributed by atoms with Gasteiger partial charge in [-0.2, -0.15) is 0 Å². The van der Waals surface area contributed by atoms with Crippen molar-refractivity contribution in [2.45, 2.75) is 19.3 Å². The van der Waals surface area contributed by atoms with Crippen LogP contribution >= 0.6 is 0 Å². The van der Waals surface area contributed by atoms with E-state index in [0.29, 0.717) is 19.3 Å². The Hall–Kier alpha value is -0.0900. The lowest BCUT2D eigenvalue weighted by molar-refractivity contribution is -1.92. The Labute approximate surface area is 75.5 Å².